The fraction of sp³-hybridized carbons (Fsp3) is 0.467. The molecular formula is C15H21N3O2S. The summed E-state index contributed by atoms with van der Waals surface area (Å²) in [5, 5.41) is 0. The van der Waals surface area contributed by atoms with Gasteiger partial charge in [-0.05, 0) is 18.6 Å². The van der Waals surface area contributed by atoms with Gasteiger partial charge in [-0.2, -0.15) is 0 Å². The van der Waals surface area contributed by atoms with Crippen LogP contribution in [0, 0.1) is 0 Å². The molecule has 1 amide bonds. The van der Waals surface area contributed by atoms with Gasteiger partial charge in [-0.3, -0.25) is 9.69 Å². The van der Waals surface area contributed by atoms with Crippen molar-refractivity contribution in [2.45, 2.75) is 6.42 Å². The van der Waals surface area contributed by atoms with Crippen LogP contribution in [0.25, 0.3) is 0 Å². The van der Waals surface area contributed by atoms with Crippen LogP contribution in [0.5, 0.6) is 5.75 Å². The number of hydrogen-bond acceptors (Lipinski definition) is 4. The van der Waals surface area contributed by atoms with Gasteiger partial charge in [-0.15, -0.1) is 0 Å². The van der Waals surface area contributed by atoms with E-state index in [4.69, 9.17) is 22.7 Å². The van der Waals surface area contributed by atoms with Gasteiger partial charge in [-0.1, -0.05) is 24.4 Å². The number of para-hydroxylation sites is 1. The average molecular weight is 307 g/mol. The number of nitrogens with two attached hydrogens (primary N) is 1. The number of carbonyl (C=O) groups excluding carboxylic acids is 1. The molecule has 0 aromatic heterocycles. The first-order valence-corrected chi connectivity index (χ1v) is 7.46. The van der Waals surface area contributed by atoms with Crippen molar-refractivity contribution in [3.05, 3.63) is 29.8 Å². The first-order valence-electron chi connectivity index (χ1n) is 7.06. The molecule has 1 aliphatic rings. The molecule has 0 atom stereocenters. The van der Waals surface area contributed by atoms with Crippen molar-refractivity contribution in [3.8, 4) is 5.75 Å². The van der Waals surface area contributed by atoms with E-state index in [0.29, 0.717) is 18.1 Å². The van der Waals surface area contributed by atoms with Gasteiger partial charge >= 0.3 is 0 Å². The van der Waals surface area contributed by atoms with Crippen molar-refractivity contribution in [2.24, 2.45) is 5.73 Å². The minimum atomic E-state index is 0.181. The molecule has 1 aromatic rings. The van der Waals surface area contributed by atoms with Crippen LogP contribution in [-0.4, -0.2) is 60.5 Å². The number of thiocarbonyl (C=S) groups is 1. The maximum atomic E-state index is 11.6. The van der Waals surface area contributed by atoms with Gasteiger partial charge in [-0.25, -0.2) is 0 Å². The first kappa shape index (κ1) is 15.7. The fourth-order valence-corrected chi connectivity index (χ4v) is 2.43. The van der Waals surface area contributed by atoms with E-state index < -0.39 is 0 Å². The summed E-state index contributed by atoms with van der Waals surface area (Å²) in [5.41, 5.74) is 6.43. The lowest BCUT2D eigenvalue weighted by Gasteiger charge is -2.31. The van der Waals surface area contributed by atoms with Gasteiger partial charge in [0.2, 0.25) is 5.91 Å². The SMILES string of the molecule is CN1CCN(CCCOc2ccccc2C(N)=S)CC1=O. The summed E-state index contributed by atoms with van der Waals surface area (Å²) >= 11 is 5.00. The number of carbonyl (C=O) groups is 1. The number of nitrogens with zero attached hydrogens (tertiary/aromatic N) is 2. The molecule has 6 heteroatoms. The summed E-state index contributed by atoms with van der Waals surface area (Å²) in [6.07, 6.45) is 0.864. The van der Waals surface area contributed by atoms with Crippen molar-refractivity contribution < 1.29 is 9.53 Å². The third kappa shape index (κ3) is 4.41. The number of benzene rings is 1. The molecule has 1 saturated heterocycles. The van der Waals surface area contributed by atoms with E-state index in [1.165, 1.54) is 0 Å². The van der Waals surface area contributed by atoms with Crippen LogP contribution < -0.4 is 10.5 Å². The molecule has 0 radical (unpaired) electrons. The molecular weight excluding hydrogens is 286 g/mol. The summed E-state index contributed by atoms with van der Waals surface area (Å²) in [4.78, 5) is 15.9. The third-order valence-electron chi connectivity index (χ3n) is 3.57. The summed E-state index contributed by atoms with van der Waals surface area (Å²) in [6.45, 7) is 3.66. The molecule has 1 heterocycles. The van der Waals surface area contributed by atoms with Crippen molar-refractivity contribution in [2.75, 3.05) is 39.8 Å². The maximum absolute atomic E-state index is 11.6. The molecule has 0 bridgehead atoms. The molecule has 0 saturated carbocycles. The van der Waals surface area contributed by atoms with Gasteiger partial charge in [0, 0.05) is 26.7 Å². The highest BCUT2D eigenvalue weighted by atomic mass is 32.1. The summed E-state index contributed by atoms with van der Waals surface area (Å²) in [5.74, 6) is 0.903. The van der Waals surface area contributed by atoms with Crippen LogP contribution in [-0.2, 0) is 4.79 Å². The van der Waals surface area contributed by atoms with Crippen LogP contribution in [0.3, 0.4) is 0 Å². The van der Waals surface area contributed by atoms with E-state index in [-0.39, 0.29) is 5.91 Å². The van der Waals surface area contributed by atoms with Gasteiger partial charge in [0.15, 0.2) is 0 Å². The van der Waals surface area contributed by atoms with E-state index in [1.807, 2.05) is 31.3 Å². The molecule has 2 rings (SSSR count). The van der Waals surface area contributed by atoms with Crippen molar-refractivity contribution >= 4 is 23.1 Å². The average Bonchev–Trinajstić information content (AvgIpc) is 2.47. The highest BCUT2D eigenvalue weighted by molar-refractivity contribution is 7.80. The Labute approximate surface area is 130 Å². The van der Waals surface area contributed by atoms with Gasteiger partial charge in [0.05, 0.1) is 18.7 Å². The Morgan fingerprint density at radius 1 is 1.38 bits per heavy atom. The predicted molar refractivity (Wildman–Crippen MR) is 86.5 cm³/mol. The minimum absolute atomic E-state index is 0.181. The van der Waals surface area contributed by atoms with Gasteiger partial charge in [0.25, 0.3) is 0 Å². The van der Waals surface area contributed by atoms with E-state index in [0.717, 1.165) is 37.4 Å². The van der Waals surface area contributed by atoms with E-state index >= 15 is 0 Å². The lowest BCUT2D eigenvalue weighted by Crippen LogP contribution is -2.48. The molecule has 21 heavy (non-hydrogen) atoms. The van der Waals surface area contributed by atoms with E-state index in [2.05, 4.69) is 4.90 Å². The number of amides is 1. The van der Waals surface area contributed by atoms with Crippen LogP contribution >= 0.6 is 12.2 Å². The first-order chi connectivity index (χ1) is 10.1. The monoisotopic (exact) mass is 307 g/mol. The molecule has 2 N–H and O–H groups in total. The van der Waals surface area contributed by atoms with Crippen molar-refractivity contribution in [1.29, 1.82) is 0 Å². The molecule has 1 aromatic carbocycles. The van der Waals surface area contributed by atoms with Crippen molar-refractivity contribution in [1.82, 2.24) is 9.80 Å². The number of likely N-dealkylation sites (N-methyl/N-ethyl adjacent to an activating group) is 1. The Balaban J connectivity index is 1.75. The Kier molecular flexibility index (Phi) is 5.52. The molecule has 1 aliphatic heterocycles. The standard InChI is InChI=1S/C15H21N3O2S/c1-17-8-9-18(11-14(17)19)7-4-10-20-13-6-3-2-5-12(13)15(16)21/h2-3,5-6H,4,7-11H2,1H3,(H2,16,21). The highest BCUT2D eigenvalue weighted by Crippen LogP contribution is 2.17. The molecule has 1 fully saturated rings. The second kappa shape index (κ2) is 7.38. The Morgan fingerprint density at radius 2 is 2.14 bits per heavy atom. The van der Waals surface area contributed by atoms with Crippen LogP contribution in [0.2, 0.25) is 0 Å². The van der Waals surface area contributed by atoms with Crippen LogP contribution in [0.1, 0.15) is 12.0 Å². The van der Waals surface area contributed by atoms with Crippen molar-refractivity contribution in [3.63, 3.8) is 0 Å². The number of hydrogen-bond donors (Lipinski definition) is 1. The second-order valence-corrected chi connectivity index (χ2v) is 5.59. The summed E-state index contributed by atoms with van der Waals surface area (Å²) < 4.78 is 5.75. The van der Waals surface area contributed by atoms with Crippen LogP contribution in [0.4, 0.5) is 0 Å². The molecule has 0 aliphatic carbocycles. The smallest absolute Gasteiger partial charge is 0.236 e. The third-order valence-corrected chi connectivity index (χ3v) is 3.78. The zero-order valence-electron chi connectivity index (χ0n) is 12.2. The molecule has 5 nitrogen and oxygen atoms in total. The zero-order valence-corrected chi connectivity index (χ0v) is 13.1. The zero-order chi connectivity index (χ0) is 15.2. The lowest BCUT2D eigenvalue weighted by molar-refractivity contribution is -0.134. The highest BCUT2D eigenvalue weighted by Gasteiger charge is 2.20. The fourth-order valence-electron chi connectivity index (χ4n) is 2.26. The second-order valence-electron chi connectivity index (χ2n) is 5.15. The topological polar surface area (TPSA) is 58.8 Å². The van der Waals surface area contributed by atoms with Crippen LogP contribution in [0.15, 0.2) is 24.3 Å². The Hall–Kier alpha value is -1.66. The molecule has 114 valence electrons. The van der Waals surface area contributed by atoms with Gasteiger partial charge < -0.3 is 15.4 Å². The minimum Gasteiger partial charge on any atom is -0.493 e. The van der Waals surface area contributed by atoms with E-state index in [9.17, 15) is 4.79 Å². The van der Waals surface area contributed by atoms with Gasteiger partial charge in [0.1, 0.15) is 10.7 Å². The number of piperazine rings is 1. The Morgan fingerprint density at radius 3 is 2.86 bits per heavy atom. The van der Waals surface area contributed by atoms with E-state index in [1.54, 1.807) is 4.90 Å². The number of rotatable bonds is 6. The quantitative estimate of drug-likeness (QED) is 0.624. The lowest BCUT2D eigenvalue weighted by atomic mass is 10.2. The summed E-state index contributed by atoms with van der Waals surface area (Å²) in [6, 6.07) is 7.51. The summed E-state index contributed by atoms with van der Waals surface area (Å²) in [7, 11) is 1.84. The molecule has 0 spiro atoms. The normalized spacial score (nSPS) is 16.0. The predicted octanol–water partition coefficient (Wildman–Crippen LogP) is 0.864. The Bertz CT molecular complexity index is 521. The molecule has 0 unspecified atom stereocenters. The number of ether oxygens (including phenoxy) is 1. The maximum Gasteiger partial charge on any atom is 0.236 e. The largest absolute Gasteiger partial charge is 0.493 e.